The predicted octanol–water partition coefficient (Wildman–Crippen LogP) is 2.12. The van der Waals surface area contributed by atoms with Crippen LogP contribution in [0.5, 0.6) is 0 Å². The lowest BCUT2D eigenvalue weighted by atomic mass is 10.00. The zero-order chi connectivity index (χ0) is 13.0. The highest BCUT2D eigenvalue weighted by molar-refractivity contribution is 5.79. The van der Waals surface area contributed by atoms with Gasteiger partial charge in [0, 0.05) is 25.8 Å². The lowest BCUT2D eigenvalue weighted by Crippen LogP contribution is -2.47. The van der Waals surface area contributed by atoms with Crippen LogP contribution >= 0.6 is 0 Å². The molecule has 1 aliphatic heterocycles. The minimum Gasteiger partial charge on any atom is -0.370 e. The topological polar surface area (TPSA) is 40.5 Å². The van der Waals surface area contributed by atoms with Crippen molar-refractivity contribution >= 4 is 5.91 Å². The minimum atomic E-state index is -1.03. The summed E-state index contributed by atoms with van der Waals surface area (Å²) in [6.07, 6.45) is 3.92. The highest BCUT2D eigenvalue weighted by Crippen LogP contribution is 2.31. The van der Waals surface area contributed by atoms with E-state index in [1.807, 2.05) is 30.3 Å². The number of likely N-dealkylation sites (tertiary alicyclic amines) is 1. The average Bonchev–Trinajstić information content (AvgIpc) is 2.64. The molecule has 96 valence electrons. The van der Waals surface area contributed by atoms with Gasteiger partial charge in [-0.1, -0.05) is 36.4 Å². The van der Waals surface area contributed by atoms with Gasteiger partial charge in [-0.05, 0) is 12.0 Å². The molecule has 1 heterocycles. The van der Waals surface area contributed by atoms with E-state index in [-0.39, 0.29) is 5.91 Å². The van der Waals surface area contributed by atoms with Crippen molar-refractivity contribution in [2.75, 3.05) is 6.54 Å². The molecule has 1 aliphatic rings. The third-order valence-corrected chi connectivity index (χ3v) is 3.43. The van der Waals surface area contributed by atoms with Gasteiger partial charge in [0.15, 0.2) is 0 Å². The van der Waals surface area contributed by atoms with E-state index in [0.29, 0.717) is 32.2 Å². The van der Waals surface area contributed by atoms with E-state index in [1.54, 1.807) is 11.0 Å². The zero-order valence-electron chi connectivity index (χ0n) is 10.5. The van der Waals surface area contributed by atoms with Crippen molar-refractivity contribution in [1.29, 1.82) is 0 Å². The molecule has 3 heteroatoms. The molecule has 1 aromatic rings. The number of nitrogens with zero attached hydrogens (tertiary/aromatic N) is 1. The third kappa shape index (κ3) is 2.62. The summed E-state index contributed by atoms with van der Waals surface area (Å²) in [5.74, 6) is 0.0373. The second kappa shape index (κ2) is 5.36. The van der Waals surface area contributed by atoms with Crippen molar-refractivity contribution in [3.8, 4) is 0 Å². The molecule has 1 unspecified atom stereocenters. The molecule has 1 saturated heterocycles. The number of hydrogen-bond acceptors (Lipinski definition) is 2. The molecule has 0 saturated carbocycles. The minimum absolute atomic E-state index is 0.0373. The van der Waals surface area contributed by atoms with E-state index in [1.165, 1.54) is 0 Å². The number of aliphatic hydroxyl groups is 1. The lowest BCUT2D eigenvalue weighted by Gasteiger charge is -2.33. The summed E-state index contributed by atoms with van der Waals surface area (Å²) in [5.41, 5.74) is 0.0276. The Bertz CT molecular complexity index is 429. The van der Waals surface area contributed by atoms with Crippen molar-refractivity contribution in [3.63, 3.8) is 0 Å². The highest BCUT2D eigenvalue weighted by Gasteiger charge is 2.43. The number of amides is 1. The smallest absolute Gasteiger partial charge is 0.225 e. The van der Waals surface area contributed by atoms with Gasteiger partial charge in [-0.2, -0.15) is 0 Å². The van der Waals surface area contributed by atoms with Crippen LogP contribution in [0.1, 0.15) is 24.8 Å². The Morgan fingerprint density at radius 2 is 2.11 bits per heavy atom. The normalized spacial score (nSPS) is 23.4. The summed E-state index contributed by atoms with van der Waals surface area (Å²) in [6, 6.07) is 9.80. The second-order valence-corrected chi connectivity index (χ2v) is 4.77. The van der Waals surface area contributed by atoms with Gasteiger partial charge in [-0.15, -0.1) is 6.58 Å². The first kappa shape index (κ1) is 12.8. The Morgan fingerprint density at radius 1 is 1.39 bits per heavy atom. The summed E-state index contributed by atoms with van der Waals surface area (Å²) in [7, 11) is 0. The van der Waals surface area contributed by atoms with Gasteiger partial charge < -0.3 is 10.0 Å². The highest BCUT2D eigenvalue weighted by atomic mass is 16.3. The molecule has 1 atom stereocenters. The molecule has 0 radical (unpaired) electrons. The van der Waals surface area contributed by atoms with Gasteiger partial charge in [-0.3, -0.25) is 4.79 Å². The quantitative estimate of drug-likeness (QED) is 0.807. The van der Waals surface area contributed by atoms with E-state index in [0.717, 1.165) is 5.56 Å². The molecular formula is C15H19NO2. The Labute approximate surface area is 108 Å². The number of rotatable bonds is 5. The Morgan fingerprint density at radius 3 is 2.78 bits per heavy atom. The van der Waals surface area contributed by atoms with E-state index < -0.39 is 5.72 Å². The maximum atomic E-state index is 11.8. The van der Waals surface area contributed by atoms with E-state index in [9.17, 15) is 9.90 Å². The molecule has 1 fully saturated rings. The van der Waals surface area contributed by atoms with Gasteiger partial charge in [-0.25, -0.2) is 0 Å². The molecule has 3 nitrogen and oxygen atoms in total. The van der Waals surface area contributed by atoms with Crippen molar-refractivity contribution < 1.29 is 9.90 Å². The van der Waals surface area contributed by atoms with Gasteiger partial charge in [0.25, 0.3) is 0 Å². The predicted molar refractivity (Wildman–Crippen MR) is 70.9 cm³/mol. The molecule has 1 amide bonds. The first-order chi connectivity index (χ1) is 8.65. The average molecular weight is 245 g/mol. The zero-order valence-corrected chi connectivity index (χ0v) is 10.5. The fourth-order valence-corrected chi connectivity index (χ4v) is 2.47. The van der Waals surface area contributed by atoms with E-state index >= 15 is 0 Å². The van der Waals surface area contributed by atoms with Crippen LogP contribution in [-0.4, -0.2) is 28.2 Å². The van der Waals surface area contributed by atoms with Crippen molar-refractivity contribution in [1.82, 2.24) is 4.90 Å². The van der Waals surface area contributed by atoms with Crippen LogP contribution in [-0.2, 0) is 11.2 Å². The molecule has 2 rings (SSSR count). The largest absolute Gasteiger partial charge is 0.370 e. The summed E-state index contributed by atoms with van der Waals surface area (Å²) < 4.78 is 0. The second-order valence-electron chi connectivity index (χ2n) is 4.77. The molecule has 1 aromatic carbocycles. The molecule has 0 bridgehead atoms. The van der Waals surface area contributed by atoms with Gasteiger partial charge in [0.1, 0.15) is 5.72 Å². The van der Waals surface area contributed by atoms with Crippen molar-refractivity contribution in [2.45, 2.75) is 31.4 Å². The molecular weight excluding hydrogens is 226 g/mol. The maximum Gasteiger partial charge on any atom is 0.225 e. The van der Waals surface area contributed by atoms with E-state index in [2.05, 4.69) is 6.58 Å². The Balaban J connectivity index is 2.12. The summed E-state index contributed by atoms with van der Waals surface area (Å²) in [6.45, 7) is 4.21. The third-order valence-electron chi connectivity index (χ3n) is 3.43. The summed E-state index contributed by atoms with van der Waals surface area (Å²) >= 11 is 0. The lowest BCUT2D eigenvalue weighted by molar-refractivity contribution is -0.144. The van der Waals surface area contributed by atoms with Crippen LogP contribution in [0.3, 0.4) is 0 Å². The number of benzene rings is 1. The van der Waals surface area contributed by atoms with Gasteiger partial charge in [0.2, 0.25) is 5.91 Å². The van der Waals surface area contributed by atoms with Crippen LogP contribution < -0.4 is 0 Å². The van der Waals surface area contributed by atoms with E-state index in [4.69, 9.17) is 0 Å². The molecule has 1 N–H and O–H groups in total. The molecule has 0 aromatic heterocycles. The number of carbonyl (C=O) groups is 1. The fraction of sp³-hybridized carbons (Fsp3) is 0.400. The van der Waals surface area contributed by atoms with Crippen LogP contribution in [0.25, 0.3) is 0 Å². The standard InChI is InChI=1S/C15H19NO2/c1-2-3-11-16-14(17)9-10-15(16,18)12-13-7-5-4-6-8-13/h2,4-8,18H,1,3,9-12H2. The van der Waals surface area contributed by atoms with Crippen molar-refractivity contribution in [3.05, 3.63) is 48.6 Å². The maximum absolute atomic E-state index is 11.8. The first-order valence-electron chi connectivity index (χ1n) is 6.33. The Kier molecular flexibility index (Phi) is 3.82. The van der Waals surface area contributed by atoms with Crippen LogP contribution in [0.15, 0.2) is 43.0 Å². The molecule has 0 spiro atoms. The Hall–Kier alpha value is -1.61. The summed E-state index contributed by atoms with van der Waals surface area (Å²) in [5, 5.41) is 10.7. The fourth-order valence-electron chi connectivity index (χ4n) is 2.47. The molecule has 0 aliphatic carbocycles. The van der Waals surface area contributed by atoms with Gasteiger partial charge >= 0.3 is 0 Å². The van der Waals surface area contributed by atoms with Crippen molar-refractivity contribution in [2.24, 2.45) is 0 Å². The first-order valence-corrected chi connectivity index (χ1v) is 6.33. The number of carbonyl (C=O) groups excluding carboxylic acids is 1. The van der Waals surface area contributed by atoms with Crippen LogP contribution in [0.4, 0.5) is 0 Å². The summed E-state index contributed by atoms with van der Waals surface area (Å²) in [4.78, 5) is 13.4. The monoisotopic (exact) mass is 245 g/mol. The van der Waals surface area contributed by atoms with Gasteiger partial charge in [0.05, 0.1) is 0 Å². The SMILES string of the molecule is C=CCCN1C(=O)CCC1(O)Cc1ccccc1. The molecule has 18 heavy (non-hydrogen) atoms. The number of hydrogen-bond donors (Lipinski definition) is 1. The van der Waals surface area contributed by atoms with Crippen LogP contribution in [0.2, 0.25) is 0 Å². The van der Waals surface area contributed by atoms with Crippen LogP contribution in [0, 0.1) is 0 Å².